The lowest BCUT2D eigenvalue weighted by atomic mass is 10.1. The number of carbonyl (C=O) groups excluding carboxylic acids is 1. The van der Waals surface area contributed by atoms with Crippen molar-refractivity contribution < 1.29 is 20.1 Å². The van der Waals surface area contributed by atoms with Gasteiger partial charge in [-0.25, -0.2) is 0 Å². The fourth-order valence-electron chi connectivity index (χ4n) is 1.37. The number of hydrogen-bond donors (Lipinski definition) is 4. The van der Waals surface area contributed by atoms with Crippen molar-refractivity contribution in [3.05, 3.63) is 24.0 Å². The van der Waals surface area contributed by atoms with Gasteiger partial charge in [0.1, 0.15) is 17.5 Å². The maximum Gasteiger partial charge on any atom is 0.216 e. The quantitative estimate of drug-likeness (QED) is 0.566. The highest BCUT2D eigenvalue weighted by atomic mass is 16.3. The molecule has 0 saturated heterocycles. The first-order chi connectivity index (χ1) is 8.02. The summed E-state index contributed by atoms with van der Waals surface area (Å²) in [6.07, 6.45) is -0.775. The number of rotatable bonds is 5. The molecule has 0 fully saturated rings. The van der Waals surface area contributed by atoms with E-state index < -0.39 is 12.2 Å². The first-order valence-corrected chi connectivity index (χ1v) is 5.27. The number of nitrogens with zero attached hydrogens (tertiary/aromatic N) is 1. The third kappa shape index (κ3) is 4.01. The van der Waals surface area contributed by atoms with Crippen LogP contribution in [0.2, 0.25) is 0 Å². The number of aliphatic hydroxyl groups is 2. The fraction of sp³-hybridized carbons (Fsp3) is 0.455. The molecule has 6 nitrogen and oxygen atoms in total. The van der Waals surface area contributed by atoms with Crippen LogP contribution in [0.3, 0.4) is 0 Å². The largest absolute Gasteiger partial charge is 0.506 e. The van der Waals surface area contributed by atoms with Gasteiger partial charge in [0.2, 0.25) is 5.91 Å². The average Bonchev–Trinajstić information content (AvgIpc) is 2.28. The molecule has 0 spiro atoms. The summed E-state index contributed by atoms with van der Waals surface area (Å²) in [6.45, 7) is 1.62. The van der Waals surface area contributed by atoms with Gasteiger partial charge in [-0.2, -0.15) is 0 Å². The summed E-state index contributed by atoms with van der Waals surface area (Å²) in [6, 6.07) is 2.90. The van der Waals surface area contributed by atoms with Gasteiger partial charge in [-0.15, -0.1) is 0 Å². The van der Waals surface area contributed by atoms with E-state index in [0.29, 0.717) is 0 Å². The first kappa shape index (κ1) is 13.4. The molecule has 2 unspecified atom stereocenters. The van der Waals surface area contributed by atoms with E-state index in [1.54, 1.807) is 0 Å². The molecule has 1 amide bonds. The van der Waals surface area contributed by atoms with Crippen molar-refractivity contribution in [3.8, 4) is 5.75 Å². The van der Waals surface area contributed by atoms with E-state index in [2.05, 4.69) is 10.3 Å². The Morgan fingerprint density at radius 2 is 2.24 bits per heavy atom. The molecule has 0 aliphatic heterocycles. The molecule has 1 aromatic rings. The molecular weight excluding hydrogens is 224 g/mol. The summed E-state index contributed by atoms with van der Waals surface area (Å²) in [7, 11) is 0. The van der Waals surface area contributed by atoms with E-state index in [4.69, 9.17) is 0 Å². The van der Waals surface area contributed by atoms with Crippen LogP contribution in [0, 0.1) is 0 Å². The first-order valence-electron chi connectivity index (χ1n) is 5.27. The smallest absolute Gasteiger partial charge is 0.216 e. The Balaban J connectivity index is 2.55. The summed E-state index contributed by atoms with van der Waals surface area (Å²) in [5.74, 6) is -0.369. The average molecular weight is 240 g/mol. The molecule has 17 heavy (non-hydrogen) atoms. The molecular formula is C11H16N2O4. The third-order valence-corrected chi connectivity index (χ3v) is 2.27. The molecule has 94 valence electrons. The maximum absolute atomic E-state index is 10.6. The molecule has 0 aromatic carbocycles. The van der Waals surface area contributed by atoms with Crippen LogP contribution in [0.1, 0.15) is 25.1 Å². The van der Waals surface area contributed by atoms with Crippen LogP contribution in [0.15, 0.2) is 18.3 Å². The van der Waals surface area contributed by atoms with Crippen LogP contribution in [0.25, 0.3) is 0 Å². The number of amides is 1. The summed E-state index contributed by atoms with van der Waals surface area (Å²) in [5.41, 5.74) is 0.0304. The molecule has 1 aromatic heterocycles. The van der Waals surface area contributed by atoms with Crippen molar-refractivity contribution in [2.75, 3.05) is 6.54 Å². The minimum Gasteiger partial charge on any atom is -0.506 e. The summed E-state index contributed by atoms with van der Waals surface area (Å²) >= 11 is 0. The number of carbonyl (C=O) groups is 1. The Labute approximate surface area is 98.9 Å². The molecule has 0 aliphatic carbocycles. The van der Waals surface area contributed by atoms with Crippen LogP contribution in [0.5, 0.6) is 5.75 Å². The van der Waals surface area contributed by atoms with Gasteiger partial charge in [0, 0.05) is 19.7 Å². The highest BCUT2D eigenvalue weighted by molar-refractivity contribution is 5.72. The van der Waals surface area contributed by atoms with Crippen molar-refractivity contribution in [2.24, 2.45) is 0 Å². The third-order valence-electron chi connectivity index (χ3n) is 2.27. The van der Waals surface area contributed by atoms with Crippen molar-refractivity contribution in [3.63, 3.8) is 0 Å². The number of pyridine rings is 1. The molecule has 1 rings (SSSR count). The Morgan fingerprint density at radius 3 is 2.82 bits per heavy atom. The van der Waals surface area contributed by atoms with Gasteiger partial charge in [-0.1, -0.05) is 0 Å². The molecule has 1 heterocycles. The second-order valence-corrected chi connectivity index (χ2v) is 3.69. The second-order valence-electron chi connectivity index (χ2n) is 3.69. The molecule has 2 atom stereocenters. The van der Waals surface area contributed by atoms with Gasteiger partial charge >= 0.3 is 0 Å². The van der Waals surface area contributed by atoms with Gasteiger partial charge in [0.15, 0.2) is 0 Å². The van der Waals surface area contributed by atoms with E-state index in [1.807, 2.05) is 0 Å². The van der Waals surface area contributed by atoms with E-state index in [-0.39, 0.29) is 30.3 Å². The zero-order chi connectivity index (χ0) is 12.8. The van der Waals surface area contributed by atoms with Crippen molar-refractivity contribution in [2.45, 2.75) is 25.6 Å². The molecule has 0 bridgehead atoms. The summed E-state index contributed by atoms with van der Waals surface area (Å²) in [4.78, 5) is 14.4. The molecule has 4 N–H and O–H groups in total. The van der Waals surface area contributed by atoms with Crippen LogP contribution in [0.4, 0.5) is 0 Å². The highest BCUT2D eigenvalue weighted by Crippen LogP contribution is 2.24. The number of aliphatic hydroxyl groups excluding tert-OH is 2. The Morgan fingerprint density at radius 1 is 1.53 bits per heavy atom. The summed E-state index contributed by atoms with van der Waals surface area (Å²) in [5, 5.41) is 31.4. The molecule has 6 heteroatoms. The lowest BCUT2D eigenvalue weighted by Crippen LogP contribution is -2.28. The van der Waals surface area contributed by atoms with E-state index in [1.165, 1.54) is 25.3 Å². The topological polar surface area (TPSA) is 103 Å². The van der Waals surface area contributed by atoms with Crippen molar-refractivity contribution in [1.29, 1.82) is 0 Å². The Bertz CT molecular complexity index is 383. The fourth-order valence-corrected chi connectivity index (χ4v) is 1.37. The van der Waals surface area contributed by atoms with Crippen LogP contribution in [-0.2, 0) is 4.79 Å². The summed E-state index contributed by atoms with van der Waals surface area (Å²) < 4.78 is 0. The number of hydrogen-bond acceptors (Lipinski definition) is 5. The van der Waals surface area contributed by atoms with Crippen LogP contribution < -0.4 is 5.32 Å². The standard InChI is InChI=1S/C11H16N2O4/c1-7(14)12-6-4-9(16)11(17)10-8(15)3-2-5-13-10/h2-3,5,9,11,15-17H,4,6H2,1H3,(H,12,14). The lowest BCUT2D eigenvalue weighted by molar-refractivity contribution is -0.119. The molecule has 0 radical (unpaired) electrons. The number of aromatic hydroxyl groups is 1. The van der Waals surface area contributed by atoms with Gasteiger partial charge in [-0.05, 0) is 18.6 Å². The molecule has 0 aliphatic rings. The normalized spacial score (nSPS) is 14.1. The number of nitrogens with one attached hydrogen (secondary N) is 1. The number of aromatic nitrogens is 1. The second kappa shape index (κ2) is 6.17. The van der Waals surface area contributed by atoms with E-state index >= 15 is 0 Å². The van der Waals surface area contributed by atoms with Crippen molar-refractivity contribution >= 4 is 5.91 Å². The maximum atomic E-state index is 10.6. The Kier molecular flexibility index (Phi) is 4.86. The van der Waals surface area contributed by atoms with E-state index in [0.717, 1.165) is 0 Å². The van der Waals surface area contributed by atoms with Gasteiger partial charge < -0.3 is 20.6 Å². The lowest BCUT2D eigenvalue weighted by Gasteiger charge is -2.17. The van der Waals surface area contributed by atoms with Gasteiger partial charge in [0.05, 0.1) is 6.10 Å². The highest BCUT2D eigenvalue weighted by Gasteiger charge is 2.22. The zero-order valence-electron chi connectivity index (χ0n) is 9.50. The minimum atomic E-state index is -1.27. The predicted octanol–water partition coefficient (Wildman–Crippen LogP) is -0.292. The zero-order valence-corrected chi connectivity index (χ0v) is 9.50. The van der Waals surface area contributed by atoms with Crippen LogP contribution >= 0.6 is 0 Å². The molecule has 0 saturated carbocycles. The van der Waals surface area contributed by atoms with Crippen LogP contribution in [-0.4, -0.2) is 38.9 Å². The van der Waals surface area contributed by atoms with Crippen molar-refractivity contribution in [1.82, 2.24) is 10.3 Å². The van der Waals surface area contributed by atoms with Gasteiger partial charge in [0.25, 0.3) is 0 Å². The van der Waals surface area contributed by atoms with Gasteiger partial charge in [-0.3, -0.25) is 9.78 Å². The minimum absolute atomic E-state index is 0.0304. The monoisotopic (exact) mass is 240 g/mol. The SMILES string of the molecule is CC(=O)NCCC(O)C(O)c1ncccc1O. The predicted molar refractivity (Wildman–Crippen MR) is 60.2 cm³/mol. The van der Waals surface area contributed by atoms with E-state index in [9.17, 15) is 20.1 Å². The Hall–Kier alpha value is -1.66.